The Morgan fingerprint density at radius 1 is 1.03 bits per heavy atom. The maximum atomic E-state index is 13.2. The zero-order chi connectivity index (χ0) is 22.4. The van der Waals surface area contributed by atoms with Crippen molar-refractivity contribution in [2.45, 2.75) is 24.9 Å². The van der Waals surface area contributed by atoms with E-state index in [0.29, 0.717) is 23.2 Å². The van der Waals surface area contributed by atoms with Crippen molar-refractivity contribution in [1.82, 2.24) is 25.3 Å². The molecule has 9 nitrogen and oxygen atoms in total. The van der Waals surface area contributed by atoms with Gasteiger partial charge in [0.2, 0.25) is 5.91 Å². The highest BCUT2D eigenvalue weighted by molar-refractivity contribution is 5.81. The molecule has 4 aliphatic heterocycles. The first-order valence-corrected chi connectivity index (χ1v) is 12.1. The first kappa shape index (κ1) is 20.7. The molecule has 3 N–H and O–H groups in total. The molecule has 1 amide bonds. The number of aromatic hydroxyl groups is 1. The van der Waals surface area contributed by atoms with Gasteiger partial charge in [0.25, 0.3) is 0 Å². The number of rotatable bonds is 3. The Morgan fingerprint density at radius 2 is 1.85 bits per heavy atom. The molecule has 4 aliphatic rings. The minimum Gasteiger partial charge on any atom is -0.507 e. The van der Waals surface area contributed by atoms with Crippen LogP contribution in [0.4, 0.5) is 11.5 Å². The van der Waals surface area contributed by atoms with Gasteiger partial charge in [0.15, 0.2) is 5.82 Å². The normalized spacial score (nSPS) is 23.9. The average Bonchev–Trinajstić information content (AvgIpc) is 2.83. The predicted molar refractivity (Wildman–Crippen MR) is 126 cm³/mol. The average molecular weight is 450 g/mol. The minimum atomic E-state index is 0.147. The Hall–Kier alpha value is -2.91. The van der Waals surface area contributed by atoms with E-state index in [9.17, 15) is 9.90 Å². The molecule has 0 unspecified atom stereocenters. The minimum absolute atomic E-state index is 0.147. The van der Waals surface area contributed by atoms with Crippen LogP contribution in [0.2, 0.25) is 0 Å². The number of phenolic OH excluding ortho intramolecular Hbond substituents is 1. The van der Waals surface area contributed by atoms with E-state index in [-0.39, 0.29) is 17.7 Å². The fraction of sp³-hybridized carbons (Fsp3) is 0.542. The molecule has 0 radical (unpaired) electrons. The number of para-hydroxylation sites is 1. The van der Waals surface area contributed by atoms with Gasteiger partial charge in [0, 0.05) is 50.9 Å². The summed E-state index contributed by atoms with van der Waals surface area (Å²) in [6.07, 6.45) is 2.39. The number of piperazine rings is 1. The predicted octanol–water partition coefficient (Wildman–Crippen LogP) is 0.976. The topological polar surface area (TPSA) is 96.9 Å². The van der Waals surface area contributed by atoms with Crippen LogP contribution in [-0.2, 0) is 4.79 Å². The van der Waals surface area contributed by atoms with Crippen molar-refractivity contribution in [3.05, 3.63) is 30.3 Å². The van der Waals surface area contributed by atoms with Crippen molar-refractivity contribution in [2.75, 3.05) is 62.6 Å². The number of aromatic nitrogens is 2. The van der Waals surface area contributed by atoms with E-state index in [0.717, 1.165) is 63.9 Å². The summed E-state index contributed by atoms with van der Waals surface area (Å²) in [6.45, 7) is 6.98. The number of phenols is 1. The maximum absolute atomic E-state index is 13.2. The Morgan fingerprint density at radius 3 is 2.67 bits per heavy atom. The Balaban J connectivity index is 1.12. The summed E-state index contributed by atoms with van der Waals surface area (Å²) in [4.78, 5) is 20.1. The maximum Gasteiger partial charge on any atom is 0.228 e. The number of benzene rings is 1. The lowest BCUT2D eigenvalue weighted by Gasteiger charge is -2.49. The van der Waals surface area contributed by atoms with Crippen molar-refractivity contribution < 1.29 is 9.90 Å². The van der Waals surface area contributed by atoms with E-state index in [2.05, 4.69) is 35.5 Å². The van der Waals surface area contributed by atoms with Crippen molar-refractivity contribution in [3.8, 4) is 17.0 Å². The van der Waals surface area contributed by atoms with Crippen LogP contribution in [0.1, 0.15) is 12.8 Å². The highest BCUT2D eigenvalue weighted by atomic mass is 16.3. The van der Waals surface area contributed by atoms with Crippen LogP contribution in [0.25, 0.3) is 11.3 Å². The third-order valence-electron chi connectivity index (χ3n) is 7.65. The van der Waals surface area contributed by atoms with Gasteiger partial charge in [0.05, 0.1) is 23.3 Å². The molecule has 9 heteroatoms. The first-order chi connectivity index (χ1) is 16.2. The van der Waals surface area contributed by atoms with E-state index in [1.165, 1.54) is 12.8 Å². The number of piperidine rings is 1. The molecule has 0 aliphatic carbocycles. The molecule has 5 heterocycles. The molecule has 0 saturated carbocycles. The lowest BCUT2D eigenvalue weighted by molar-refractivity contribution is -0.143. The second-order valence-corrected chi connectivity index (χ2v) is 9.62. The van der Waals surface area contributed by atoms with Crippen molar-refractivity contribution >= 4 is 17.4 Å². The molecule has 0 bridgehead atoms. The Bertz CT molecular complexity index is 1040. The molecule has 3 saturated heterocycles. The molecular weight excluding hydrogens is 418 g/mol. The molecular formula is C24H31N7O2. The molecule has 1 aromatic carbocycles. The lowest BCUT2D eigenvalue weighted by Crippen LogP contribution is -2.64. The summed E-state index contributed by atoms with van der Waals surface area (Å²) in [7, 11) is 0. The van der Waals surface area contributed by atoms with E-state index >= 15 is 0 Å². The zero-order valence-corrected chi connectivity index (χ0v) is 18.8. The van der Waals surface area contributed by atoms with Crippen molar-refractivity contribution in [1.29, 1.82) is 0 Å². The number of anilines is 2. The molecule has 6 rings (SSSR count). The number of nitrogens with one attached hydrogen (secondary N) is 2. The third-order valence-corrected chi connectivity index (χ3v) is 7.65. The summed E-state index contributed by atoms with van der Waals surface area (Å²) in [5.74, 6) is 1.42. The molecule has 174 valence electrons. The number of amides is 1. The second kappa shape index (κ2) is 8.46. The monoisotopic (exact) mass is 449 g/mol. The number of hydrogen-bond acceptors (Lipinski definition) is 8. The molecule has 1 atom stereocenters. The number of hydrogen-bond donors (Lipinski definition) is 3. The van der Waals surface area contributed by atoms with Gasteiger partial charge in [-0.25, -0.2) is 0 Å². The van der Waals surface area contributed by atoms with Gasteiger partial charge in [-0.2, -0.15) is 0 Å². The quantitative estimate of drug-likeness (QED) is 0.638. The van der Waals surface area contributed by atoms with Gasteiger partial charge in [-0.15, -0.1) is 10.2 Å². The summed E-state index contributed by atoms with van der Waals surface area (Å²) in [5.41, 5.74) is 2.32. The number of carbonyl (C=O) groups is 1. The highest BCUT2D eigenvalue weighted by Crippen LogP contribution is 2.36. The van der Waals surface area contributed by atoms with Crippen molar-refractivity contribution in [2.24, 2.45) is 5.92 Å². The summed E-state index contributed by atoms with van der Waals surface area (Å²) in [6, 6.07) is 10.0. The number of fused-ring (bicyclic) bond motifs is 3. The molecule has 2 aromatic rings. The third kappa shape index (κ3) is 3.79. The largest absolute Gasteiger partial charge is 0.507 e. The van der Waals surface area contributed by atoms with Gasteiger partial charge in [-0.1, -0.05) is 12.1 Å². The fourth-order valence-electron chi connectivity index (χ4n) is 5.71. The summed E-state index contributed by atoms with van der Waals surface area (Å²) < 4.78 is 0. The Kier molecular flexibility index (Phi) is 5.30. The standard InChI is InChI=1S/C24H31N7O2/c32-22-4-2-1-3-19(22)20-11-21-23(28-27-20)26-12-18-15-29(9-10-31(18)21)24(33)16-13-30(14-16)17-5-7-25-8-6-17/h1-4,11,16-18,25,32H,5-10,12-15H2,(H,26,28)/t18-/m0/s1. The van der Waals surface area contributed by atoms with Gasteiger partial charge in [-0.05, 0) is 44.1 Å². The number of nitrogens with zero attached hydrogens (tertiary/aromatic N) is 5. The summed E-state index contributed by atoms with van der Waals surface area (Å²) in [5, 5.41) is 25.7. The van der Waals surface area contributed by atoms with E-state index < -0.39 is 0 Å². The van der Waals surface area contributed by atoms with Gasteiger partial charge in [-0.3, -0.25) is 9.69 Å². The van der Waals surface area contributed by atoms with Crippen LogP contribution in [0.15, 0.2) is 30.3 Å². The Labute approximate surface area is 193 Å². The van der Waals surface area contributed by atoms with Gasteiger partial charge < -0.3 is 25.5 Å². The van der Waals surface area contributed by atoms with Crippen LogP contribution in [0.5, 0.6) is 5.75 Å². The van der Waals surface area contributed by atoms with Crippen LogP contribution in [0, 0.1) is 5.92 Å². The molecule has 3 fully saturated rings. The van der Waals surface area contributed by atoms with Crippen LogP contribution in [-0.4, -0.2) is 95.5 Å². The van der Waals surface area contributed by atoms with Gasteiger partial charge >= 0.3 is 0 Å². The first-order valence-electron chi connectivity index (χ1n) is 12.1. The SMILES string of the molecule is O=C(C1CN(C2CCNCC2)C1)N1CCN2c3cc(-c4ccccc4O)nnc3NC[C@H]2C1. The molecule has 1 aromatic heterocycles. The molecule has 33 heavy (non-hydrogen) atoms. The highest BCUT2D eigenvalue weighted by Gasteiger charge is 2.41. The number of likely N-dealkylation sites (tertiary alicyclic amines) is 1. The van der Waals surface area contributed by atoms with Crippen LogP contribution < -0.4 is 15.5 Å². The second-order valence-electron chi connectivity index (χ2n) is 9.62. The van der Waals surface area contributed by atoms with E-state index in [1.807, 2.05) is 18.2 Å². The molecule has 0 spiro atoms. The van der Waals surface area contributed by atoms with E-state index in [4.69, 9.17) is 0 Å². The van der Waals surface area contributed by atoms with Gasteiger partial charge in [0.1, 0.15) is 5.75 Å². The van der Waals surface area contributed by atoms with Crippen LogP contribution in [0.3, 0.4) is 0 Å². The van der Waals surface area contributed by atoms with Crippen molar-refractivity contribution in [3.63, 3.8) is 0 Å². The summed E-state index contributed by atoms with van der Waals surface area (Å²) >= 11 is 0. The van der Waals surface area contributed by atoms with Crippen LogP contribution >= 0.6 is 0 Å². The fourth-order valence-corrected chi connectivity index (χ4v) is 5.71. The lowest BCUT2D eigenvalue weighted by atomic mass is 9.92. The number of carbonyl (C=O) groups excluding carboxylic acids is 1. The smallest absolute Gasteiger partial charge is 0.228 e. The zero-order valence-electron chi connectivity index (χ0n) is 18.8. The van der Waals surface area contributed by atoms with E-state index in [1.54, 1.807) is 12.1 Å².